The molecular formula is C20H23FN4O2. The van der Waals surface area contributed by atoms with Gasteiger partial charge in [-0.05, 0) is 43.2 Å². The van der Waals surface area contributed by atoms with Crippen LogP contribution < -0.4 is 10.6 Å². The van der Waals surface area contributed by atoms with E-state index in [1.54, 1.807) is 30.5 Å². The number of rotatable bonds is 7. The van der Waals surface area contributed by atoms with Crippen molar-refractivity contribution in [2.75, 3.05) is 11.9 Å². The Morgan fingerprint density at radius 1 is 1.30 bits per heavy atom. The van der Waals surface area contributed by atoms with Crippen LogP contribution in [0.3, 0.4) is 0 Å². The quantitative estimate of drug-likeness (QED) is 0.597. The van der Waals surface area contributed by atoms with E-state index in [1.807, 2.05) is 24.3 Å². The smallest absolute Gasteiger partial charge is 0.240 e. The molecular weight excluding hydrogens is 347 g/mol. The predicted octanol–water partition coefficient (Wildman–Crippen LogP) is 2.59. The van der Waals surface area contributed by atoms with Crippen LogP contribution in [0.4, 0.5) is 10.3 Å². The number of para-hydroxylation sites is 2. The third kappa shape index (κ3) is 4.62. The Kier molecular flexibility index (Phi) is 5.71. The van der Waals surface area contributed by atoms with Crippen molar-refractivity contribution in [1.82, 2.24) is 14.9 Å². The Morgan fingerprint density at radius 2 is 2.07 bits per heavy atom. The van der Waals surface area contributed by atoms with Crippen molar-refractivity contribution in [2.45, 2.75) is 33.0 Å². The maximum Gasteiger partial charge on any atom is 0.240 e. The fraction of sp³-hybridized carbons (Fsp3) is 0.300. The van der Waals surface area contributed by atoms with Crippen molar-refractivity contribution in [3.8, 4) is 0 Å². The van der Waals surface area contributed by atoms with Crippen LogP contribution in [0.15, 0.2) is 42.5 Å². The van der Waals surface area contributed by atoms with Gasteiger partial charge in [0.2, 0.25) is 11.9 Å². The van der Waals surface area contributed by atoms with Gasteiger partial charge in [-0.25, -0.2) is 9.37 Å². The van der Waals surface area contributed by atoms with Crippen molar-refractivity contribution < 1.29 is 14.3 Å². The first-order valence-electron chi connectivity index (χ1n) is 8.83. The molecule has 0 spiro atoms. The lowest BCUT2D eigenvalue weighted by atomic mass is 10.1. The number of halogens is 1. The number of imidazole rings is 1. The minimum absolute atomic E-state index is 0.0861. The molecule has 3 rings (SSSR count). The van der Waals surface area contributed by atoms with Gasteiger partial charge in [-0.1, -0.05) is 24.3 Å². The molecule has 3 N–H and O–H groups in total. The summed E-state index contributed by atoms with van der Waals surface area (Å²) in [6.45, 7) is 4.11. The number of carbonyl (C=O) groups excluding carboxylic acids is 1. The van der Waals surface area contributed by atoms with Crippen LogP contribution in [0.25, 0.3) is 11.0 Å². The SMILES string of the molecule is Cc1cc(CNC(=O)Cn2c(NCC(C)O)nc3ccccc32)ccc1F. The van der Waals surface area contributed by atoms with Crippen LogP contribution in [0.5, 0.6) is 0 Å². The molecule has 1 heterocycles. The standard InChI is InChI=1S/C20H23FN4O2/c1-13-9-15(7-8-16(13)21)11-22-19(27)12-25-18-6-4-3-5-17(18)24-20(25)23-10-14(2)26/h3-9,14,26H,10-12H2,1-2H3,(H,22,27)(H,23,24). The third-order valence-electron chi connectivity index (χ3n) is 4.22. The molecule has 142 valence electrons. The zero-order valence-electron chi connectivity index (χ0n) is 15.4. The second kappa shape index (κ2) is 8.18. The lowest BCUT2D eigenvalue weighted by Gasteiger charge is -2.12. The van der Waals surface area contributed by atoms with Crippen molar-refractivity contribution in [2.24, 2.45) is 0 Å². The summed E-state index contributed by atoms with van der Waals surface area (Å²) in [5.74, 6) is 0.0916. The van der Waals surface area contributed by atoms with Crippen LogP contribution in [0, 0.1) is 12.7 Å². The molecule has 2 aromatic carbocycles. The van der Waals surface area contributed by atoms with E-state index in [0.717, 1.165) is 16.6 Å². The number of nitrogens with zero attached hydrogens (tertiary/aromatic N) is 2. The number of aryl methyl sites for hydroxylation is 1. The number of fused-ring (bicyclic) bond motifs is 1. The lowest BCUT2D eigenvalue weighted by molar-refractivity contribution is -0.121. The van der Waals surface area contributed by atoms with Crippen LogP contribution >= 0.6 is 0 Å². The number of aliphatic hydroxyl groups excluding tert-OH is 1. The Labute approximate surface area is 157 Å². The first kappa shape index (κ1) is 18.8. The van der Waals surface area contributed by atoms with Crippen molar-refractivity contribution >= 4 is 22.9 Å². The summed E-state index contributed by atoms with van der Waals surface area (Å²) < 4.78 is 15.1. The van der Waals surface area contributed by atoms with E-state index >= 15 is 0 Å². The highest BCUT2D eigenvalue weighted by molar-refractivity contribution is 5.83. The summed E-state index contributed by atoms with van der Waals surface area (Å²) in [5.41, 5.74) is 2.99. The zero-order valence-corrected chi connectivity index (χ0v) is 15.4. The number of anilines is 1. The second-order valence-electron chi connectivity index (χ2n) is 6.60. The van der Waals surface area contributed by atoms with E-state index in [2.05, 4.69) is 15.6 Å². The van der Waals surface area contributed by atoms with E-state index < -0.39 is 6.10 Å². The van der Waals surface area contributed by atoms with Gasteiger partial charge in [0.05, 0.1) is 17.1 Å². The van der Waals surface area contributed by atoms with Crippen LogP contribution in [-0.4, -0.2) is 33.2 Å². The molecule has 0 bridgehead atoms. The van der Waals surface area contributed by atoms with Crippen LogP contribution in [0.1, 0.15) is 18.1 Å². The van der Waals surface area contributed by atoms with Gasteiger partial charge in [-0.2, -0.15) is 0 Å². The molecule has 0 saturated heterocycles. The number of aromatic nitrogens is 2. The summed E-state index contributed by atoms with van der Waals surface area (Å²) in [6, 6.07) is 12.3. The molecule has 7 heteroatoms. The molecule has 0 fully saturated rings. The molecule has 0 aliphatic heterocycles. The summed E-state index contributed by atoms with van der Waals surface area (Å²) in [4.78, 5) is 17.0. The Morgan fingerprint density at radius 3 is 2.81 bits per heavy atom. The number of amides is 1. The maximum atomic E-state index is 13.3. The molecule has 27 heavy (non-hydrogen) atoms. The second-order valence-corrected chi connectivity index (χ2v) is 6.60. The number of nitrogens with one attached hydrogen (secondary N) is 2. The molecule has 1 aromatic heterocycles. The Bertz CT molecular complexity index is 952. The third-order valence-corrected chi connectivity index (χ3v) is 4.22. The number of benzene rings is 2. The van der Waals surface area contributed by atoms with Gasteiger partial charge in [0, 0.05) is 13.1 Å². The summed E-state index contributed by atoms with van der Waals surface area (Å²) in [6.07, 6.45) is -0.534. The number of carbonyl (C=O) groups is 1. The topological polar surface area (TPSA) is 79.2 Å². The fourth-order valence-electron chi connectivity index (χ4n) is 2.83. The van der Waals surface area contributed by atoms with E-state index in [9.17, 15) is 14.3 Å². The minimum atomic E-state index is -0.534. The number of hydrogen-bond donors (Lipinski definition) is 3. The molecule has 0 aliphatic rings. The van der Waals surface area contributed by atoms with E-state index in [1.165, 1.54) is 6.07 Å². The zero-order chi connectivity index (χ0) is 19.4. The summed E-state index contributed by atoms with van der Waals surface area (Å²) >= 11 is 0. The largest absolute Gasteiger partial charge is 0.392 e. The van der Waals surface area contributed by atoms with E-state index in [4.69, 9.17) is 0 Å². The molecule has 1 amide bonds. The van der Waals surface area contributed by atoms with Gasteiger partial charge in [-0.3, -0.25) is 4.79 Å². The Balaban J connectivity index is 1.73. The van der Waals surface area contributed by atoms with Gasteiger partial charge in [0.15, 0.2) is 0 Å². The maximum absolute atomic E-state index is 13.3. The van der Waals surface area contributed by atoms with Crippen molar-refractivity contribution in [1.29, 1.82) is 0 Å². The highest BCUT2D eigenvalue weighted by Crippen LogP contribution is 2.19. The lowest BCUT2D eigenvalue weighted by Crippen LogP contribution is -2.28. The molecule has 1 atom stereocenters. The van der Waals surface area contributed by atoms with E-state index in [-0.39, 0.29) is 18.3 Å². The van der Waals surface area contributed by atoms with Gasteiger partial charge in [-0.15, -0.1) is 0 Å². The molecule has 1 unspecified atom stereocenters. The molecule has 6 nitrogen and oxygen atoms in total. The average molecular weight is 370 g/mol. The van der Waals surface area contributed by atoms with Gasteiger partial charge in [0.1, 0.15) is 12.4 Å². The van der Waals surface area contributed by atoms with Crippen molar-refractivity contribution in [3.63, 3.8) is 0 Å². The van der Waals surface area contributed by atoms with Gasteiger partial charge >= 0.3 is 0 Å². The summed E-state index contributed by atoms with van der Waals surface area (Å²) in [5, 5.41) is 15.4. The highest BCUT2D eigenvalue weighted by atomic mass is 19.1. The fourth-order valence-corrected chi connectivity index (χ4v) is 2.83. The molecule has 3 aromatic rings. The van der Waals surface area contributed by atoms with Crippen molar-refractivity contribution in [3.05, 3.63) is 59.4 Å². The van der Waals surface area contributed by atoms with Gasteiger partial charge in [0.25, 0.3) is 0 Å². The normalized spacial score (nSPS) is 12.1. The predicted molar refractivity (Wildman–Crippen MR) is 103 cm³/mol. The molecule has 0 aliphatic carbocycles. The van der Waals surface area contributed by atoms with E-state index in [0.29, 0.717) is 24.6 Å². The average Bonchev–Trinajstić information content (AvgIpc) is 2.98. The molecule has 0 radical (unpaired) electrons. The first-order chi connectivity index (χ1) is 12.9. The highest BCUT2D eigenvalue weighted by Gasteiger charge is 2.14. The van der Waals surface area contributed by atoms with Crippen LogP contribution in [-0.2, 0) is 17.9 Å². The minimum Gasteiger partial charge on any atom is -0.392 e. The summed E-state index contributed by atoms with van der Waals surface area (Å²) in [7, 11) is 0. The number of aliphatic hydroxyl groups is 1. The molecule has 0 saturated carbocycles. The monoisotopic (exact) mass is 370 g/mol. The van der Waals surface area contributed by atoms with Crippen LogP contribution in [0.2, 0.25) is 0 Å². The van der Waals surface area contributed by atoms with Gasteiger partial charge < -0.3 is 20.3 Å². The Hall–Kier alpha value is -2.93. The number of hydrogen-bond acceptors (Lipinski definition) is 4. The first-order valence-corrected chi connectivity index (χ1v) is 8.83.